The zero-order valence-electron chi connectivity index (χ0n) is 14.8. The fourth-order valence-corrected chi connectivity index (χ4v) is 1.97. The fourth-order valence-electron chi connectivity index (χ4n) is 1.97. The number of aliphatic carboxylic acids is 2. The normalized spacial score (nSPS) is 13.2. The summed E-state index contributed by atoms with van der Waals surface area (Å²) in [5.41, 5.74) is -0.196. The van der Waals surface area contributed by atoms with Gasteiger partial charge < -0.3 is 29.5 Å². The molecule has 0 fully saturated rings. The number of carboxylic acids is 2. The van der Waals surface area contributed by atoms with Crippen LogP contribution in [0.3, 0.4) is 0 Å². The second kappa shape index (κ2) is 9.04. The van der Waals surface area contributed by atoms with Gasteiger partial charge in [-0.3, -0.25) is 0 Å². The molecule has 0 bridgehead atoms. The van der Waals surface area contributed by atoms with E-state index >= 15 is 0 Å². The van der Waals surface area contributed by atoms with Crippen LogP contribution < -0.4 is 9.47 Å². The molecule has 1 rings (SSSR count). The molecule has 0 spiro atoms. The number of carbonyl (C=O) groups excluding carboxylic acids is 1. The van der Waals surface area contributed by atoms with Crippen LogP contribution >= 0.6 is 0 Å². The van der Waals surface area contributed by atoms with Crippen LogP contribution in [0, 0.1) is 0 Å². The number of benzene rings is 1. The minimum atomic E-state index is -2.43. The number of hydrogen-bond acceptors (Lipinski definition) is 7. The van der Waals surface area contributed by atoms with Crippen LogP contribution in [-0.2, 0) is 14.3 Å². The standard InChI is InChI=1S/C17H22O9/c1-8(2)24-10-6-5-7-11(25-9(3)4)12(10)17(23)26-14(16(21)22)13(18)15(19)20/h5-9,13-14,18H,1-4H3,(H,19,20)(H,21,22). The molecule has 1 aromatic carbocycles. The van der Waals surface area contributed by atoms with Gasteiger partial charge in [0.25, 0.3) is 0 Å². The van der Waals surface area contributed by atoms with E-state index in [2.05, 4.69) is 0 Å². The molecule has 0 aliphatic rings. The highest BCUT2D eigenvalue weighted by atomic mass is 16.6. The summed E-state index contributed by atoms with van der Waals surface area (Å²) in [4.78, 5) is 34.6. The predicted molar refractivity (Wildman–Crippen MR) is 88.5 cm³/mol. The molecule has 1 aromatic rings. The lowest BCUT2D eigenvalue weighted by molar-refractivity contribution is -0.166. The number of aliphatic hydroxyl groups is 1. The number of rotatable bonds is 9. The zero-order chi connectivity index (χ0) is 20.0. The molecule has 26 heavy (non-hydrogen) atoms. The molecule has 3 N–H and O–H groups in total. The fraction of sp³-hybridized carbons (Fsp3) is 0.471. The molecule has 0 amide bonds. The van der Waals surface area contributed by atoms with Crippen LogP contribution in [0.4, 0.5) is 0 Å². The van der Waals surface area contributed by atoms with Gasteiger partial charge in [-0.05, 0) is 39.8 Å². The Labute approximate surface area is 150 Å². The average molecular weight is 370 g/mol. The van der Waals surface area contributed by atoms with Gasteiger partial charge in [0.15, 0.2) is 6.10 Å². The van der Waals surface area contributed by atoms with E-state index in [0.717, 1.165) is 0 Å². The van der Waals surface area contributed by atoms with Gasteiger partial charge in [0.1, 0.15) is 17.1 Å². The number of hydrogen-bond donors (Lipinski definition) is 3. The van der Waals surface area contributed by atoms with E-state index in [1.807, 2.05) is 0 Å². The number of esters is 1. The van der Waals surface area contributed by atoms with E-state index in [-0.39, 0.29) is 29.3 Å². The van der Waals surface area contributed by atoms with Crippen molar-refractivity contribution in [3.63, 3.8) is 0 Å². The van der Waals surface area contributed by atoms with Gasteiger partial charge in [-0.2, -0.15) is 0 Å². The molecular formula is C17H22O9. The van der Waals surface area contributed by atoms with E-state index in [9.17, 15) is 19.5 Å². The van der Waals surface area contributed by atoms with E-state index in [1.54, 1.807) is 33.8 Å². The van der Waals surface area contributed by atoms with Crippen molar-refractivity contribution >= 4 is 17.9 Å². The van der Waals surface area contributed by atoms with Crippen molar-refractivity contribution in [3.05, 3.63) is 23.8 Å². The Balaban J connectivity index is 3.30. The van der Waals surface area contributed by atoms with Gasteiger partial charge in [0.05, 0.1) is 12.2 Å². The Bertz CT molecular complexity index is 638. The van der Waals surface area contributed by atoms with Gasteiger partial charge >= 0.3 is 17.9 Å². The summed E-state index contributed by atoms with van der Waals surface area (Å²) in [6.45, 7) is 6.89. The summed E-state index contributed by atoms with van der Waals surface area (Å²) in [6, 6.07) is 4.51. The van der Waals surface area contributed by atoms with Crippen LogP contribution in [0.15, 0.2) is 18.2 Å². The van der Waals surface area contributed by atoms with Crippen LogP contribution in [0.25, 0.3) is 0 Å². The number of carbonyl (C=O) groups is 3. The van der Waals surface area contributed by atoms with Gasteiger partial charge in [-0.15, -0.1) is 0 Å². The lowest BCUT2D eigenvalue weighted by Crippen LogP contribution is -2.43. The minimum absolute atomic E-state index is 0.0807. The quantitative estimate of drug-likeness (QED) is 0.549. The first-order valence-electron chi connectivity index (χ1n) is 7.85. The molecule has 2 atom stereocenters. The molecule has 9 nitrogen and oxygen atoms in total. The van der Waals surface area contributed by atoms with Crippen molar-refractivity contribution < 1.29 is 43.9 Å². The summed E-state index contributed by atoms with van der Waals surface area (Å²) >= 11 is 0. The van der Waals surface area contributed by atoms with Crippen molar-refractivity contribution in [1.29, 1.82) is 0 Å². The summed E-state index contributed by atoms with van der Waals surface area (Å²) in [7, 11) is 0. The molecule has 0 aliphatic heterocycles. The minimum Gasteiger partial charge on any atom is -0.490 e. The number of carboxylic acid groups (broad SMARTS) is 2. The number of ether oxygens (including phenoxy) is 3. The highest BCUT2D eigenvalue weighted by Gasteiger charge is 2.37. The Kier molecular flexibility index (Phi) is 7.39. The topological polar surface area (TPSA) is 140 Å². The lowest BCUT2D eigenvalue weighted by Gasteiger charge is -2.21. The van der Waals surface area contributed by atoms with Crippen molar-refractivity contribution in [3.8, 4) is 11.5 Å². The van der Waals surface area contributed by atoms with Crippen molar-refractivity contribution in [2.24, 2.45) is 0 Å². The van der Waals surface area contributed by atoms with Crippen LogP contribution in [-0.4, -0.2) is 57.6 Å². The molecule has 0 aliphatic carbocycles. The smallest absolute Gasteiger partial charge is 0.348 e. The molecule has 0 saturated heterocycles. The monoisotopic (exact) mass is 370 g/mol. The third kappa shape index (κ3) is 5.62. The van der Waals surface area contributed by atoms with E-state index < -0.39 is 30.1 Å². The van der Waals surface area contributed by atoms with E-state index in [4.69, 9.17) is 24.4 Å². The highest BCUT2D eigenvalue weighted by molar-refractivity contribution is 5.97. The van der Waals surface area contributed by atoms with Crippen LogP contribution in [0.1, 0.15) is 38.1 Å². The SMILES string of the molecule is CC(C)Oc1cccc(OC(C)C)c1C(=O)OC(C(=O)O)C(O)C(=O)O. The van der Waals surface area contributed by atoms with E-state index in [1.165, 1.54) is 12.1 Å². The second-order valence-corrected chi connectivity index (χ2v) is 5.91. The van der Waals surface area contributed by atoms with Crippen molar-refractivity contribution in [1.82, 2.24) is 0 Å². The first-order valence-corrected chi connectivity index (χ1v) is 7.85. The second-order valence-electron chi connectivity index (χ2n) is 5.91. The summed E-state index contributed by atoms with van der Waals surface area (Å²) in [5, 5.41) is 27.3. The maximum absolute atomic E-state index is 12.5. The summed E-state index contributed by atoms with van der Waals surface area (Å²) in [6.07, 6.45) is -5.34. The van der Waals surface area contributed by atoms with Crippen LogP contribution in [0.5, 0.6) is 11.5 Å². The van der Waals surface area contributed by atoms with Gasteiger partial charge in [0.2, 0.25) is 6.10 Å². The zero-order valence-corrected chi connectivity index (χ0v) is 14.8. The first-order chi connectivity index (χ1) is 12.0. The van der Waals surface area contributed by atoms with Crippen molar-refractivity contribution in [2.45, 2.75) is 52.1 Å². The Morgan fingerprint density at radius 1 is 0.885 bits per heavy atom. The van der Waals surface area contributed by atoms with E-state index in [0.29, 0.717) is 0 Å². The van der Waals surface area contributed by atoms with Crippen molar-refractivity contribution in [2.75, 3.05) is 0 Å². The third-order valence-electron chi connectivity index (χ3n) is 2.93. The first kappa shape index (κ1) is 21.2. The predicted octanol–water partition coefficient (Wildman–Crippen LogP) is 1.32. The maximum Gasteiger partial charge on any atom is 0.348 e. The largest absolute Gasteiger partial charge is 0.490 e. The van der Waals surface area contributed by atoms with Gasteiger partial charge in [0, 0.05) is 0 Å². The van der Waals surface area contributed by atoms with Crippen LogP contribution in [0.2, 0.25) is 0 Å². The Morgan fingerprint density at radius 3 is 1.69 bits per heavy atom. The molecule has 9 heteroatoms. The molecule has 0 saturated carbocycles. The molecule has 2 unspecified atom stereocenters. The third-order valence-corrected chi connectivity index (χ3v) is 2.93. The van der Waals surface area contributed by atoms with Gasteiger partial charge in [-0.1, -0.05) is 6.07 Å². The Morgan fingerprint density at radius 2 is 1.35 bits per heavy atom. The highest BCUT2D eigenvalue weighted by Crippen LogP contribution is 2.31. The maximum atomic E-state index is 12.5. The Hall–Kier alpha value is -2.81. The lowest BCUT2D eigenvalue weighted by atomic mass is 10.1. The molecule has 0 aromatic heterocycles. The summed E-state index contributed by atoms with van der Waals surface area (Å²) < 4.78 is 15.8. The average Bonchev–Trinajstić information content (AvgIpc) is 2.50. The molecule has 0 radical (unpaired) electrons. The van der Waals surface area contributed by atoms with Gasteiger partial charge in [-0.25, -0.2) is 14.4 Å². The number of aliphatic hydroxyl groups excluding tert-OH is 1. The molecule has 0 heterocycles. The summed E-state index contributed by atoms with van der Waals surface area (Å²) in [5.74, 6) is -4.67. The molecule has 144 valence electrons. The molecular weight excluding hydrogens is 348 g/mol.